The van der Waals surface area contributed by atoms with Crippen molar-refractivity contribution in [2.45, 2.75) is 33.2 Å². The zero-order chi connectivity index (χ0) is 13.4. The van der Waals surface area contributed by atoms with Crippen LogP contribution in [0.15, 0.2) is 23.0 Å². The molecule has 0 saturated carbocycles. The lowest BCUT2D eigenvalue weighted by Crippen LogP contribution is -2.25. The van der Waals surface area contributed by atoms with Gasteiger partial charge in [0.05, 0.1) is 5.52 Å². The number of hydrogen-bond acceptors (Lipinski definition) is 2. The van der Waals surface area contributed by atoms with E-state index in [0.717, 1.165) is 16.5 Å². The predicted molar refractivity (Wildman–Crippen MR) is 75.9 cm³/mol. The number of benzene rings is 1. The first kappa shape index (κ1) is 12.8. The van der Waals surface area contributed by atoms with Gasteiger partial charge in [-0.05, 0) is 36.1 Å². The van der Waals surface area contributed by atoms with E-state index < -0.39 is 0 Å². The van der Waals surface area contributed by atoms with Crippen molar-refractivity contribution in [3.05, 3.63) is 45.2 Å². The first-order chi connectivity index (χ1) is 8.47. The number of hydrogen-bond donors (Lipinski definition) is 1. The Morgan fingerprint density at radius 2 is 2.00 bits per heavy atom. The SMILES string of the molecule is Cc1c(CN)c(=O)n(C)c2ccc(C(C)C)cc12. The Hall–Kier alpha value is -1.61. The minimum absolute atomic E-state index is 0.0137. The van der Waals surface area contributed by atoms with Gasteiger partial charge in [-0.2, -0.15) is 0 Å². The second-order valence-corrected chi connectivity index (χ2v) is 5.10. The van der Waals surface area contributed by atoms with E-state index in [1.165, 1.54) is 5.56 Å². The molecule has 0 fully saturated rings. The Kier molecular flexibility index (Phi) is 3.26. The fourth-order valence-electron chi connectivity index (χ4n) is 2.38. The van der Waals surface area contributed by atoms with E-state index in [1.807, 2.05) is 13.0 Å². The summed E-state index contributed by atoms with van der Waals surface area (Å²) in [5.41, 5.74) is 9.69. The molecule has 2 aromatic rings. The molecule has 3 heteroatoms. The van der Waals surface area contributed by atoms with Crippen LogP contribution in [0.5, 0.6) is 0 Å². The molecular weight excluding hydrogens is 224 g/mol. The molecule has 2 rings (SSSR count). The molecule has 96 valence electrons. The molecule has 1 aromatic carbocycles. The smallest absolute Gasteiger partial charge is 0.255 e. The maximum absolute atomic E-state index is 12.1. The quantitative estimate of drug-likeness (QED) is 0.882. The second-order valence-electron chi connectivity index (χ2n) is 5.10. The number of rotatable bonds is 2. The molecule has 0 amide bonds. The Morgan fingerprint density at radius 3 is 2.56 bits per heavy atom. The van der Waals surface area contributed by atoms with Crippen molar-refractivity contribution < 1.29 is 0 Å². The highest BCUT2D eigenvalue weighted by atomic mass is 16.1. The van der Waals surface area contributed by atoms with Crippen molar-refractivity contribution in [3.63, 3.8) is 0 Å². The maximum Gasteiger partial charge on any atom is 0.255 e. The van der Waals surface area contributed by atoms with Crippen LogP contribution >= 0.6 is 0 Å². The van der Waals surface area contributed by atoms with Crippen LogP contribution in [0.3, 0.4) is 0 Å². The van der Waals surface area contributed by atoms with Gasteiger partial charge in [-0.1, -0.05) is 19.9 Å². The molecule has 0 radical (unpaired) electrons. The van der Waals surface area contributed by atoms with Gasteiger partial charge < -0.3 is 10.3 Å². The molecule has 3 nitrogen and oxygen atoms in total. The van der Waals surface area contributed by atoms with E-state index in [4.69, 9.17) is 5.73 Å². The van der Waals surface area contributed by atoms with Crippen molar-refractivity contribution >= 4 is 10.9 Å². The van der Waals surface area contributed by atoms with Gasteiger partial charge in [-0.15, -0.1) is 0 Å². The van der Waals surface area contributed by atoms with Crippen molar-refractivity contribution in [1.29, 1.82) is 0 Å². The van der Waals surface area contributed by atoms with Crippen LogP contribution in [0, 0.1) is 6.92 Å². The van der Waals surface area contributed by atoms with E-state index in [0.29, 0.717) is 18.0 Å². The Bertz CT molecular complexity index is 654. The summed E-state index contributed by atoms with van der Waals surface area (Å²) in [6.07, 6.45) is 0. The van der Waals surface area contributed by atoms with Crippen LogP contribution < -0.4 is 11.3 Å². The average molecular weight is 244 g/mol. The van der Waals surface area contributed by atoms with Crippen molar-refractivity contribution in [1.82, 2.24) is 4.57 Å². The molecule has 2 N–H and O–H groups in total. The molecule has 0 atom stereocenters. The summed E-state index contributed by atoms with van der Waals surface area (Å²) in [5, 5.41) is 1.13. The largest absolute Gasteiger partial charge is 0.326 e. The van der Waals surface area contributed by atoms with Gasteiger partial charge in [-0.3, -0.25) is 4.79 Å². The molecule has 0 aliphatic rings. The Morgan fingerprint density at radius 1 is 1.33 bits per heavy atom. The Balaban J connectivity index is 2.90. The first-order valence-corrected chi connectivity index (χ1v) is 6.29. The molecule has 0 aliphatic carbocycles. The van der Waals surface area contributed by atoms with Gasteiger partial charge >= 0.3 is 0 Å². The zero-order valence-electron chi connectivity index (χ0n) is 11.4. The molecule has 0 saturated heterocycles. The summed E-state index contributed by atoms with van der Waals surface area (Å²) in [7, 11) is 1.80. The minimum Gasteiger partial charge on any atom is -0.326 e. The summed E-state index contributed by atoms with van der Waals surface area (Å²) in [6.45, 7) is 6.61. The molecule has 18 heavy (non-hydrogen) atoms. The van der Waals surface area contributed by atoms with Crippen LogP contribution in [0.2, 0.25) is 0 Å². The summed E-state index contributed by atoms with van der Waals surface area (Å²) in [5.74, 6) is 0.479. The fourth-order valence-corrected chi connectivity index (χ4v) is 2.38. The molecule has 0 aliphatic heterocycles. The standard InChI is InChI=1S/C15H20N2O/c1-9(2)11-5-6-14-12(7-11)10(3)13(8-16)15(18)17(14)4/h5-7,9H,8,16H2,1-4H3. The second kappa shape index (κ2) is 4.58. The zero-order valence-corrected chi connectivity index (χ0v) is 11.4. The van der Waals surface area contributed by atoms with E-state index in [2.05, 4.69) is 26.0 Å². The molecule has 0 unspecified atom stereocenters. The molecule has 1 heterocycles. The first-order valence-electron chi connectivity index (χ1n) is 6.29. The van der Waals surface area contributed by atoms with Crippen LogP contribution in [0.4, 0.5) is 0 Å². The molecule has 1 aromatic heterocycles. The molecular formula is C15H20N2O. The average Bonchev–Trinajstić information content (AvgIpc) is 2.36. The van der Waals surface area contributed by atoms with Gasteiger partial charge in [0.25, 0.3) is 5.56 Å². The normalized spacial score (nSPS) is 11.4. The van der Waals surface area contributed by atoms with Crippen molar-refractivity contribution in [2.24, 2.45) is 12.8 Å². The van der Waals surface area contributed by atoms with E-state index >= 15 is 0 Å². The number of pyridine rings is 1. The highest BCUT2D eigenvalue weighted by Crippen LogP contribution is 2.24. The van der Waals surface area contributed by atoms with Crippen molar-refractivity contribution in [3.8, 4) is 0 Å². The van der Waals surface area contributed by atoms with Crippen LogP contribution in [-0.2, 0) is 13.6 Å². The lowest BCUT2D eigenvalue weighted by atomic mass is 9.97. The number of nitrogens with two attached hydrogens (primary N) is 1. The lowest BCUT2D eigenvalue weighted by Gasteiger charge is -2.14. The summed E-state index contributed by atoms with van der Waals surface area (Å²) in [6, 6.07) is 6.29. The number of aromatic nitrogens is 1. The predicted octanol–water partition coefficient (Wildman–Crippen LogP) is 2.43. The van der Waals surface area contributed by atoms with Crippen LogP contribution in [-0.4, -0.2) is 4.57 Å². The lowest BCUT2D eigenvalue weighted by molar-refractivity contribution is 0.852. The van der Waals surface area contributed by atoms with Gasteiger partial charge in [0.15, 0.2) is 0 Å². The molecule has 0 bridgehead atoms. The van der Waals surface area contributed by atoms with Gasteiger partial charge in [0, 0.05) is 24.5 Å². The third-order valence-electron chi connectivity index (χ3n) is 3.67. The van der Waals surface area contributed by atoms with E-state index in [9.17, 15) is 4.79 Å². The number of nitrogens with zero attached hydrogens (tertiary/aromatic N) is 1. The topological polar surface area (TPSA) is 48.0 Å². The number of fused-ring (bicyclic) bond motifs is 1. The highest BCUT2D eigenvalue weighted by Gasteiger charge is 2.11. The van der Waals surface area contributed by atoms with E-state index in [-0.39, 0.29) is 5.56 Å². The minimum atomic E-state index is 0.0137. The van der Waals surface area contributed by atoms with Crippen molar-refractivity contribution in [2.75, 3.05) is 0 Å². The maximum atomic E-state index is 12.1. The third-order valence-corrected chi connectivity index (χ3v) is 3.67. The van der Waals surface area contributed by atoms with Gasteiger partial charge in [0.1, 0.15) is 0 Å². The van der Waals surface area contributed by atoms with Crippen LogP contribution in [0.25, 0.3) is 10.9 Å². The molecule has 0 spiro atoms. The monoisotopic (exact) mass is 244 g/mol. The third kappa shape index (κ3) is 1.85. The van der Waals surface area contributed by atoms with E-state index in [1.54, 1.807) is 11.6 Å². The highest BCUT2D eigenvalue weighted by molar-refractivity contribution is 5.84. The fraction of sp³-hybridized carbons (Fsp3) is 0.400. The van der Waals surface area contributed by atoms with Crippen LogP contribution in [0.1, 0.15) is 36.5 Å². The van der Waals surface area contributed by atoms with Gasteiger partial charge in [-0.25, -0.2) is 0 Å². The summed E-state index contributed by atoms with van der Waals surface area (Å²) < 4.78 is 1.69. The van der Waals surface area contributed by atoms with Gasteiger partial charge in [0.2, 0.25) is 0 Å². The Labute approximate surface area is 107 Å². The summed E-state index contributed by atoms with van der Waals surface area (Å²) in [4.78, 5) is 12.1. The summed E-state index contributed by atoms with van der Waals surface area (Å²) >= 11 is 0. The number of aryl methyl sites for hydroxylation is 2.